The Morgan fingerprint density at radius 2 is 1.81 bits per heavy atom. The molecule has 1 atom stereocenters. The van der Waals surface area contributed by atoms with Crippen molar-refractivity contribution in [3.63, 3.8) is 0 Å². The minimum atomic E-state index is -3.84. The summed E-state index contributed by atoms with van der Waals surface area (Å²) in [6, 6.07) is 9.42. The van der Waals surface area contributed by atoms with E-state index in [0.717, 1.165) is 24.0 Å². The lowest BCUT2D eigenvalue weighted by molar-refractivity contribution is 0.0938. The first-order valence-corrected chi connectivity index (χ1v) is 10.7. The zero-order valence-corrected chi connectivity index (χ0v) is 17.5. The number of anilines is 1. The van der Waals surface area contributed by atoms with E-state index in [0.29, 0.717) is 5.69 Å². The molecule has 1 amide bonds. The molecular formula is C20H25ClN2O3S. The van der Waals surface area contributed by atoms with Gasteiger partial charge in [-0.25, -0.2) is 8.42 Å². The third kappa shape index (κ3) is 5.47. The first kappa shape index (κ1) is 21.3. The number of carbonyl (C=O) groups excluding carboxylic acids is 1. The molecule has 2 aromatic carbocycles. The molecule has 0 aliphatic carbocycles. The van der Waals surface area contributed by atoms with Crippen LogP contribution < -0.4 is 10.0 Å². The molecule has 2 aromatic rings. The molecule has 0 aliphatic heterocycles. The van der Waals surface area contributed by atoms with Gasteiger partial charge in [0, 0.05) is 11.7 Å². The fourth-order valence-electron chi connectivity index (χ4n) is 2.67. The molecule has 0 saturated heterocycles. The van der Waals surface area contributed by atoms with E-state index >= 15 is 0 Å². The van der Waals surface area contributed by atoms with Crippen molar-refractivity contribution < 1.29 is 13.2 Å². The van der Waals surface area contributed by atoms with Gasteiger partial charge in [-0.15, -0.1) is 0 Å². The fourth-order valence-corrected chi connectivity index (χ4v) is 3.95. The summed E-state index contributed by atoms with van der Waals surface area (Å²) >= 11 is 6.12. The summed E-state index contributed by atoms with van der Waals surface area (Å²) in [4.78, 5) is 12.4. The van der Waals surface area contributed by atoms with Crippen molar-refractivity contribution in [1.29, 1.82) is 0 Å². The molecule has 0 saturated carbocycles. The lowest BCUT2D eigenvalue weighted by atomic mass is 10.1. The SMILES string of the molecule is CCCC(C)NC(=O)c1cc(S(=O)(=O)Nc2ccc(C)c(C)c2)ccc1Cl. The van der Waals surface area contributed by atoms with Crippen molar-refractivity contribution in [2.24, 2.45) is 0 Å². The predicted octanol–water partition coefficient (Wildman–Crippen LogP) is 4.68. The first-order chi connectivity index (χ1) is 12.6. The normalized spacial score (nSPS) is 12.5. The van der Waals surface area contributed by atoms with Gasteiger partial charge in [0.1, 0.15) is 0 Å². The number of rotatable bonds is 7. The van der Waals surface area contributed by atoms with Gasteiger partial charge < -0.3 is 5.32 Å². The third-order valence-electron chi connectivity index (χ3n) is 4.35. The van der Waals surface area contributed by atoms with Gasteiger partial charge in [-0.05, 0) is 68.7 Å². The first-order valence-electron chi connectivity index (χ1n) is 8.84. The van der Waals surface area contributed by atoms with Gasteiger partial charge in [-0.1, -0.05) is 31.0 Å². The van der Waals surface area contributed by atoms with Crippen LogP contribution in [0, 0.1) is 13.8 Å². The molecule has 5 nitrogen and oxygen atoms in total. The highest BCUT2D eigenvalue weighted by atomic mass is 35.5. The summed E-state index contributed by atoms with van der Waals surface area (Å²) in [5, 5.41) is 3.05. The van der Waals surface area contributed by atoms with E-state index in [1.165, 1.54) is 18.2 Å². The Hall–Kier alpha value is -2.05. The van der Waals surface area contributed by atoms with E-state index < -0.39 is 10.0 Å². The number of halogens is 1. The summed E-state index contributed by atoms with van der Waals surface area (Å²) in [7, 11) is -3.84. The minimum Gasteiger partial charge on any atom is -0.350 e. The van der Waals surface area contributed by atoms with Crippen molar-refractivity contribution in [1.82, 2.24) is 5.32 Å². The van der Waals surface area contributed by atoms with Crippen molar-refractivity contribution in [3.05, 3.63) is 58.1 Å². The Labute approximate surface area is 166 Å². The van der Waals surface area contributed by atoms with Crippen LogP contribution >= 0.6 is 11.6 Å². The number of benzene rings is 2. The molecule has 2 rings (SSSR count). The van der Waals surface area contributed by atoms with E-state index in [1.54, 1.807) is 12.1 Å². The summed E-state index contributed by atoms with van der Waals surface area (Å²) in [6.45, 7) is 7.80. The average Bonchev–Trinajstić information content (AvgIpc) is 2.58. The van der Waals surface area contributed by atoms with E-state index in [-0.39, 0.29) is 27.4 Å². The molecule has 7 heteroatoms. The molecule has 0 fully saturated rings. The van der Waals surface area contributed by atoms with Crippen LogP contribution in [0.3, 0.4) is 0 Å². The Morgan fingerprint density at radius 1 is 1.11 bits per heavy atom. The highest BCUT2D eigenvalue weighted by Crippen LogP contribution is 2.23. The van der Waals surface area contributed by atoms with Gasteiger partial charge in [0.15, 0.2) is 0 Å². The van der Waals surface area contributed by atoms with Crippen LogP contribution in [0.4, 0.5) is 5.69 Å². The predicted molar refractivity (Wildman–Crippen MR) is 110 cm³/mol. The smallest absolute Gasteiger partial charge is 0.261 e. The van der Waals surface area contributed by atoms with Crippen molar-refractivity contribution in [3.8, 4) is 0 Å². The highest BCUT2D eigenvalue weighted by Gasteiger charge is 2.20. The number of sulfonamides is 1. The largest absolute Gasteiger partial charge is 0.350 e. The lowest BCUT2D eigenvalue weighted by Crippen LogP contribution is -2.32. The molecule has 0 radical (unpaired) electrons. The molecule has 0 aromatic heterocycles. The van der Waals surface area contributed by atoms with Crippen LogP contribution in [0.25, 0.3) is 0 Å². The van der Waals surface area contributed by atoms with Crippen LogP contribution in [0.5, 0.6) is 0 Å². The third-order valence-corrected chi connectivity index (χ3v) is 6.06. The zero-order valence-electron chi connectivity index (χ0n) is 16.0. The Bertz CT molecular complexity index is 942. The monoisotopic (exact) mass is 408 g/mol. The molecule has 2 N–H and O–H groups in total. The van der Waals surface area contributed by atoms with E-state index in [9.17, 15) is 13.2 Å². The van der Waals surface area contributed by atoms with Crippen LogP contribution in [0.1, 0.15) is 48.2 Å². The van der Waals surface area contributed by atoms with Gasteiger partial charge >= 0.3 is 0 Å². The minimum absolute atomic E-state index is 0.0153. The summed E-state index contributed by atoms with van der Waals surface area (Å²) < 4.78 is 28.0. The average molecular weight is 409 g/mol. The summed E-state index contributed by atoms with van der Waals surface area (Å²) in [6.07, 6.45) is 1.76. The van der Waals surface area contributed by atoms with Crippen LogP contribution in [0.2, 0.25) is 5.02 Å². The van der Waals surface area contributed by atoms with E-state index in [2.05, 4.69) is 10.0 Å². The van der Waals surface area contributed by atoms with Gasteiger partial charge in [0.2, 0.25) is 0 Å². The number of carbonyl (C=O) groups is 1. The summed E-state index contributed by atoms with van der Waals surface area (Å²) in [5.41, 5.74) is 2.67. The van der Waals surface area contributed by atoms with Crippen molar-refractivity contribution in [2.45, 2.75) is 51.5 Å². The second-order valence-corrected chi connectivity index (χ2v) is 8.80. The maximum absolute atomic E-state index is 12.7. The summed E-state index contributed by atoms with van der Waals surface area (Å²) in [5.74, 6) is -0.385. The van der Waals surface area contributed by atoms with Crippen molar-refractivity contribution in [2.75, 3.05) is 4.72 Å². The molecule has 1 unspecified atom stereocenters. The molecule has 0 bridgehead atoms. The number of hydrogen-bond acceptors (Lipinski definition) is 3. The van der Waals surface area contributed by atoms with Gasteiger partial charge in [0.05, 0.1) is 15.5 Å². The molecule has 0 heterocycles. The number of amides is 1. The van der Waals surface area contributed by atoms with E-state index in [4.69, 9.17) is 11.6 Å². The Morgan fingerprint density at radius 3 is 2.44 bits per heavy atom. The number of aryl methyl sites for hydroxylation is 2. The maximum atomic E-state index is 12.7. The van der Waals surface area contributed by atoms with E-state index in [1.807, 2.05) is 33.8 Å². The Kier molecular flexibility index (Phi) is 6.89. The van der Waals surface area contributed by atoms with Gasteiger partial charge in [-0.2, -0.15) is 0 Å². The zero-order chi connectivity index (χ0) is 20.2. The molecule has 0 aliphatic rings. The molecule has 146 valence electrons. The van der Waals surface area contributed by atoms with Crippen LogP contribution in [-0.2, 0) is 10.0 Å². The van der Waals surface area contributed by atoms with Crippen molar-refractivity contribution >= 4 is 33.2 Å². The number of nitrogens with one attached hydrogen (secondary N) is 2. The second-order valence-electron chi connectivity index (χ2n) is 6.71. The Balaban J connectivity index is 2.29. The van der Waals surface area contributed by atoms with Crippen LogP contribution in [-0.4, -0.2) is 20.4 Å². The quantitative estimate of drug-likeness (QED) is 0.698. The molecule has 27 heavy (non-hydrogen) atoms. The molecular weight excluding hydrogens is 384 g/mol. The van der Waals surface area contributed by atoms with Gasteiger partial charge in [-0.3, -0.25) is 9.52 Å². The second kappa shape index (κ2) is 8.76. The molecule has 0 spiro atoms. The highest BCUT2D eigenvalue weighted by molar-refractivity contribution is 7.92. The standard InChI is InChI=1S/C20H25ClN2O3S/c1-5-6-15(4)22-20(24)18-12-17(9-10-19(18)21)27(25,26)23-16-8-7-13(2)14(3)11-16/h7-12,15,23H,5-6H2,1-4H3,(H,22,24). The van der Waals surface area contributed by atoms with Crippen LogP contribution in [0.15, 0.2) is 41.3 Å². The topological polar surface area (TPSA) is 75.3 Å². The maximum Gasteiger partial charge on any atom is 0.261 e. The number of hydrogen-bond donors (Lipinski definition) is 2. The van der Waals surface area contributed by atoms with Gasteiger partial charge in [0.25, 0.3) is 15.9 Å². The fraction of sp³-hybridized carbons (Fsp3) is 0.350. The lowest BCUT2D eigenvalue weighted by Gasteiger charge is -2.15.